The maximum atomic E-state index is 12.9. The fourth-order valence-corrected chi connectivity index (χ4v) is 5.20. The van der Waals surface area contributed by atoms with Crippen LogP contribution < -0.4 is 14.9 Å². The summed E-state index contributed by atoms with van der Waals surface area (Å²) in [6.07, 6.45) is 3.24. The Morgan fingerprint density at radius 3 is 2.39 bits per heavy atom. The minimum Gasteiger partial charge on any atom is -0.383 e. The van der Waals surface area contributed by atoms with Gasteiger partial charge in [0.1, 0.15) is 5.69 Å². The molecule has 4 rings (SSSR count). The first kappa shape index (κ1) is 23.1. The van der Waals surface area contributed by atoms with Gasteiger partial charge < -0.3 is 10.6 Å². The van der Waals surface area contributed by atoms with Gasteiger partial charge in [0.15, 0.2) is 0 Å². The van der Waals surface area contributed by atoms with E-state index in [9.17, 15) is 13.2 Å². The number of hydrogen-bond acceptors (Lipinski definition) is 5. The molecule has 2 aromatic carbocycles. The number of anilines is 2. The molecule has 2 N–H and O–H groups in total. The summed E-state index contributed by atoms with van der Waals surface area (Å²) in [7, 11) is -1.85. The Morgan fingerprint density at radius 1 is 1.21 bits per heavy atom. The Morgan fingerprint density at radius 2 is 1.88 bits per heavy atom. The van der Waals surface area contributed by atoms with Crippen molar-refractivity contribution < 1.29 is 13.2 Å². The van der Waals surface area contributed by atoms with E-state index in [1.165, 1.54) is 10.6 Å². The lowest BCUT2D eigenvalue weighted by atomic mass is 10.0. The highest BCUT2D eigenvalue weighted by Gasteiger charge is 2.32. The first-order valence-corrected chi connectivity index (χ1v) is 13.1. The van der Waals surface area contributed by atoms with Gasteiger partial charge in [-0.1, -0.05) is 0 Å². The average molecular weight is 470 g/mol. The van der Waals surface area contributed by atoms with E-state index in [4.69, 9.17) is 5.10 Å². The first-order valence-electron chi connectivity index (χ1n) is 11.3. The monoisotopic (exact) mass is 469 g/mol. The molecule has 0 saturated heterocycles. The van der Waals surface area contributed by atoms with Gasteiger partial charge in [-0.2, -0.15) is 5.10 Å². The van der Waals surface area contributed by atoms with Crippen LogP contribution in [0.2, 0.25) is 0 Å². The lowest BCUT2D eigenvalue weighted by Crippen LogP contribution is -2.30. The van der Waals surface area contributed by atoms with E-state index in [1.54, 1.807) is 11.7 Å². The van der Waals surface area contributed by atoms with Crippen LogP contribution in [-0.2, 0) is 10.0 Å². The van der Waals surface area contributed by atoms with Crippen LogP contribution in [0.5, 0.6) is 0 Å². The van der Waals surface area contributed by atoms with E-state index in [0.717, 1.165) is 29.8 Å². The highest BCUT2D eigenvalue weighted by molar-refractivity contribution is 7.92. The highest BCUT2D eigenvalue weighted by Crippen LogP contribution is 2.46. The molecule has 1 aromatic heterocycles. The Balaban J connectivity index is 1.92. The Hall–Kier alpha value is -3.07. The molecule has 0 radical (unpaired) electrons. The summed E-state index contributed by atoms with van der Waals surface area (Å²) >= 11 is 0. The molecular formula is C24H31N5O3S. The molecule has 3 aromatic rings. The van der Waals surface area contributed by atoms with Gasteiger partial charge in [0.05, 0.1) is 23.1 Å². The van der Waals surface area contributed by atoms with E-state index >= 15 is 0 Å². The third-order valence-electron chi connectivity index (χ3n) is 5.80. The number of nitrogens with zero attached hydrogens (tertiary/aromatic N) is 3. The van der Waals surface area contributed by atoms with E-state index in [0.29, 0.717) is 40.8 Å². The van der Waals surface area contributed by atoms with Gasteiger partial charge in [-0.15, -0.1) is 0 Å². The highest BCUT2D eigenvalue weighted by atomic mass is 32.2. The Labute approximate surface area is 195 Å². The minimum absolute atomic E-state index is 0.244. The van der Waals surface area contributed by atoms with Gasteiger partial charge in [0, 0.05) is 30.7 Å². The smallest absolute Gasteiger partial charge is 0.270 e. The third kappa shape index (κ3) is 4.55. The van der Waals surface area contributed by atoms with E-state index in [-0.39, 0.29) is 5.91 Å². The van der Waals surface area contributed by atoms with Crippen LogP contribution in [0.4, 0.5) is 11.4 Å². The van der Waals surface area contributed by atoms with Gasteiger partial charge in [-0.3, -0.25) is 9.10 Å². The van der Waals surface area contributed by atoms with Gasteiger partial charge in [-0.25, -0.2) is 13.1 Å². The SMILES string of the molecule is CCN(c1cc2nn(-c3ccc(NC(C)C)cc3)c(C(=O)NC)c2cc1C1CC1)S(C)(=O)=O. The summed E-state index contributed by atoms with van der Waals surface area (Å²) < 4.78 is 28.0. The van der Waals surface area contributed by atoms with Crippen LogP contribution in [0.1, 0.15) is 55.6 Å². The standard InChI is InChI=1S/C24H31N5O3S/c1-6-28(33(5,31)32)22-14-21-20(13-19(22)16-7-8-16)23(24(30)25-4)29(27-21)18-11-9-17(10-12-18)26-15(2)3/h9-16,26H,6-8H2,1-5H3,(H,25,30). The fourth-order valence-electron chi connectivity index (χ4n) is 4.21. The largest absolute Gasteiger partial charge is 0.383 e. The number of sulfonamides is 1. The Bertz CT molecular complexity index is 1290. The van der Waals surface area contributed by atoms with Gasteiger partial charge in [-0.05, 0) is 81.5 Å². The number of hydrogen-bond donors (Lipinski definition) is 2. The number of carbonyl (C=O) groups is 1. The number of nitrogens with one attached hydrogen (secondary N) is 2. The van der Waals surface area contributed by atoms with Crippen molar-refractivity contribution >= 4 is 38.2 Å². The van der Waals surface area contributed by atoms with E-state index in [2.05, 4.69) is 24.5 Å². The first-order chi connectivity index (χ1) is 15.6. The summed E-state index contributed by atoms with van der Waals surface area (Å²) in [6, 6.07) is 11.8. The molecule has 9 heteroatoms. The Kier molecular flexibility index (Phi) is 6.09. The summed E-state index contributed by atoms with van der Waals surface area (Å²) in [6.45, 7) is 6.30. The molecule has 0 atom stereocenters. The van der Waals surface area contributed by atoms with Gasteiger partial charge in [0.2, 0.25) is 10.0 Å². The number of fused-ring (bicyclic) bond motifs is 1. The molecule has 1 aliphatic rings. The molecule has 1 heterocycles. The predicted molar refractivity (Wildman–Crippen MR) is 133 cm³/mol. The van der Waals surface area contributed by atoms with Crippen molar-refractivity contribution in [3.63, 3.8) is 0 Å². The van der Waals surface area contributed by atoms with Crippen molar-refractivity contribution in [2.75, 3.05) is 29.5 Å². The molecule has 1 aliphatic carbocycles. The van der Waals surface area contributed by atoms with Crippen molar-refractivity contribution in [3.05, 3.63) is 47.7 Å². The van der Waals surface area contributed by atoms with Crippen LogP contribution in [-0.4, -0.2) is 50.0 Å². The van der Waals surface area contributed by atoms with Crippen LogP contribution >= 0.6 is 0 Å². The van der Waals surface area contributed by atoms with Crippen LogP contribution in [0.3, 0.4) is 0 Å². The molecule has 8 nitrogen and oxygen atoms in total. The molecule has 0 unspecified atom stereocenters. The molecule has 0 aliphatic heterocycles. The second kappa shape index (κ2) is 8.70. The molecule has 1 saturated carbocycles. The summed E-state index contributed by atoms with van der Waals surface area (Å²) in [5, 5.41) is 11.5. The zero-order chi connectivity index (χ0) is 23.9. The summed E-state index contributed by atoms with van der Waals surface area (Å²) in [5.41, 5.74) is 4.36. The summed E-state index contributed by atoms with van der Waals surface area (Å²) in [5.74, 6) is 0.0503. The lowest BCUT2D eigenvalue weighted by Gasteiger charge is -2.23. The van der Waals surface area contributed by atoms with Gasteiger partial charge >= 0.3 is 0 Å². The summed E-state index contributed by atoms with van der Waals surface area (Å²) in [4.78, 5) is 12.9. The van der Waals surface area contributed by atoms with Crippen LogP contribution in [0.15, 0.2) is 36.4 Å². The molecule has 0 bridgehead atoms. The van der Waals surface area contributed by atoms with Crippen LogP contribution in [0, 0.1) is 0 Å². The topological polar surface area (TPSA) is 96.3 Å². The maximum Gasteiger partial charge on any atom is 0.270 e. The molecule has 1 fully saturated rings. The lowest BCUT2D eigenvalue weighted by molar-refractivity contribution is 0.0957. The van der Waals surface area contributed by atoms with Crippen molar-refractivity contribution in [2.24, 2.45) is 0 Å². The number of rotatable bonds is 8. The molecule has 33 heavy (non-hydrogen) atoms. The quantitative estimate of drug-likeness (QED) is 0.522. The number of carbonyl (C=O) groups excluding carboxylic acids is 1. The minimum atomic E-state index is -3.44. The van der Waals surface area contributed by atoms with Crippen LogP contribution in [0.25, 0.3) is 16.6 Å². The van der Waals surface area contributed by atoms with Crippen molar-refractivity contribution in [1.82, 2.24) is 15.1 Å². The molecule has 1 amide bonds. The number of benzene rings is 2. The maximum absolute atomic E-state index is 12.9. The normalized spacial score (nSPS) is 14.0. The van der Waals surface area contributed by atoms with Crippen molar-refractivity contribution in [1.29, 1.82) is 0 Å². The average Bonchev–Trinajstić information content (AvgIpc) is 3.53. The molecule has 176 valence electrons. The number of amides is 1. The number of aromatic nitrogens is 2. The van der Waals surface area contributed by atoms with E-state index < -0.39 is 10.0 Å². The zero-order valence-electron chi connectivity index (χ0n) is 19.7. The van der Waals surface area contributed by atoms with Crippen molar-refractivity contribution in [3.8, 4) is 5.69 Å². The van der Waals surface area contributed by atoms with E-state index in [1.807, 2.05) is 43.3 Å². The van der Waals surface area contributed by atoms with Gasteiger partial charge in [0.25, 0.3) is 5.91 Å². The second-order valence-electron chi connectivity index (χ2n) is 8.82. The second-order valence-corrected chi connectivity index (χ2v) is 10.7. The predicted octanol–water partition coefficient (Wildman–Crippen LogP) is 3.87. The third-order valence-corrected chi connectivity index (χ3v) is 7.06. The molecular weight excluding hydrogens is 438 g/mol. The molecule has 0 spiro atoms. The zero-order valence-corrected chi connectivity index (χ0v) is 20.5. The fraction of sp³-hybridized carbons (Fsp3) is 0.417. The van der Waals surface area contributed by atoms with Crippen molar-refractivity contribution in [2.45, 2.75) is 45.6 Å².